The van der Waals surface area contributed by atoms with Crippen molar-refractivity contribution in [2.45, 2.75) is 25.7 Å². The van der Waals surface area contributed by atoms with Crippen LogP contribution in [0.3, 0.4) is 0 Å². The Morgan fingerprint density at radius 2 is 1.94 bits per heavy atom. The summed E-state index contributed by atoms with van der Waals surface area (Å²) < 4.78 is 26.9. The second-order valence-electron chi connectivity index (χ2n) is 4.54. The van der Waals surface area contributed by atoms with Gasteiger partial charge in [-0.1, -0.05) is 12.5 Å². The van der Waals surface area contributed by atoms with Crippen molar-refractivity contribution in [3.63, 3.8) is 0 Å². The molecule has 0 heterocycles. The van der Waals surface area contributed by atoms with Gasteiger partial charge in [0.05, 0.1) is 5.92 Å². The highest BCUT2D eigenvalue weighted by molar-refractivity contribution is 5.70. The first kappa shape index (κ1) is 12.0. The van der Waals surface area contributed by atoms with E-state index >= 15 is 0 Å². The van der Waals surface area contributed by atoms with Gasteiger partial charge in [0.15, 0.2) is 0 Å². The molecule has 0 spiro atoms. The Hall–Kier alpha value is -1.45. The Balaban J connectivity index is 2.18. The minimum Gasteiger partial charge on any atom is -0.481 e. The van der Waals surface area contributed by atoms with Gasteiger partial charge in [-0.25, -0.2) is 8.78 Å². The van der Waals surface area contributed by atoms with E-state index in [-0.39, 0.29) is 17.9 Å². The first-order valence-electron chi connectivity index (χ1n) is 5.75. The average molecular weight is 240 g/mol. The standard InChI is InChI=1S/C13H14F2O2/c14-11-5-2-6-12(15)10(11)7-8-3-1-4-9(8)13(16)17/h2,5-6,8-9H,1,3-4,7H2,(H,16,17). The third-order valence-corrected chi connectivity index (χ3v) is 3.50. The van der Waals surface area contributed by atoms with Crippen LogP contribution in [0.15, 0.2) is 18.2 Å². The van der Waals surface area contributed by atoms with Crippen molar-refractivity contribution in [2.24, 2.45) is 11.8 Å². The summed E-state index contributed by atoms with van der Waals surface area (Å²) in [6.07, 6.45) is 2.33. The Morgan fingerprint density at radius 3 is 2.53 bits per heavy atom. The van der Waals surface area contributed by atoms with Crippen molar-refractivity contribution in [2.75, 3.05) is 0 Å². The number of carboxylic acid groups (broad SMARTS) is 1. The lowest BCUT2D eigenvalue weighted by Crippen LogP contribution is -2.20. The highest BCUT2D eigenvalue weighted by atomic mass is 19.1. The van der Waals surface area contributed by atoms with Crippen molar-refractivity contribution in [1.82, 2.24) is 0 Å². The van der Waals surface area contributed by atoms with E-state index in [0.29, 0.717) is 6.42 Å². The molecule has 1 aliphatic rings. The minimum absolute atomic E-state index is 0.0191. The van der Waals surface area contributed by atoms with E-state index in [4.69, 9.17) is 5.11 Å². The number of hydrogen-bond acceptors (Lipinski definition) is 1. The molecular weight excluding hydrogens is 226 g/mol. The second-order valence-corrected chi connectivity index (χ2v) is 4.54. The average Bonchev–Trinajstić information content (AvgIpc) is 2.72. The maximum atomic E-state index is 13.4. The number of benzene rings is 1. The van der Waals surface area contributed by atoms with E-state index in [2.05, 4.69) is 0 Å². The first-order chi connectivity index (χ1) is 8.09. The van der Waals surface area contributed by atoms with Gasteiger partial charge in [0, 0.05) is 5.56 Å². The van der Waals surface area contributed by atoms with E-state index < -0.39 is 23.5 Å². The molecule has 0 radical (unpaired) electrons. The SMILES string of the molecule is O=C(O)C1CCCC1Cc1c(F)cccc1F. The van der Waals surface area contributed by atoms with Crippen molar-refractivity contribution in [3.8, 4) is 0 Å². The van der Waals surface area contributed by atoms with E-state index in [9.17, 15) is 13.6 Å². The summed E-state index contributed by atoms with van der Waals surface area (Å²) in [6.45, 7) is 0. The fourth-order valence-corrected chi connectivity index (χ4v) is 2.60. The summed E-state index contributed by atoms with van der Waals surface area (Å²) in [6, 6.07) is 3.74. The van der Waals surface area contributed by atoms with Crippen molar-refractivity contribution >= 4 is 5.97 Å². The molecule has 0 aromatic heterocycles. The van der Waals surface area contributed by atoms with Crippen LogP contribution in [0, 0.1) is 23.5 Å². The number of carbonyl (C=O) groups is 1. The van der Waals surface area contributed by atoms with Crippen LogP contribution in [0.25, 0.3) is 0 Å². The van der Waals surface area contributed by atoms with Gasteiger partial charge in [0.1, 0.15) is 11.6 Å². The number of rotatable bonds is 3. The molecule has 1 aromatic carbocycles. The van der Waals surface area contributed by atoms with Gasteiger partial charge in [-0.15, -0.1) is 0 Å². The highest BCUT2D eigenvalue weighted by Gasteiger charge is 2.33. The number of halogens is 2. The van der Waals surface area contributed by atoms with Gasteiger partial charge >= 0.3 is 5.97 Å². The monoisotopic (exact) mass is 240 g/mol. The van der Waals surface area contributed by atoms with Crippen LogP contribution in [-0.2, 0) is 11.2 Å². The first-order valence-corrected chi connectivity index (χ1v) is 5.75. The van der Waals surface area contributed by atoms with Crippen LogP contribution in [0.4, 0.5) is 8.78 Å². The summed E-state index contributed by atoms with van der Waals surface area (Å²) in [4.78, 5) is 11.0. The predicted octanol–water partition coefficient (Wildman–Crippen LogP) is 3.01. The number of carboxylic acids is 1. The van der Waals surface area contributed by atoms with Gasteiger partial charge in [-0.2, -0.15) is 0 Å². The fourth-order valence-electron chi connectivity index (χ4n) is 2.60. The van der Waals surface area contributed by atoms with Crippen LogP contribution in [0.2, 0.25) is 0 Å². The van der Waals surface area contributed by atoms with Crippen LogP contribution in [0.5, 0.6) is 0 Å². The van der Waals surface area contributed by atoms with E-state index in [1.165, 1.54) is 18.2 Å². The van der Waals surface area contributed by atoms with Crippen molar-refractivity contribution in [1.29, 1.82) is 0 Å². The molecule has 0 saturated heterocycles. The second kappa shape index (κ2) is 4.82. The highest BCUT2D eigenvalue weighted by Crippen LogP contribution is 2.35. The lowest BCUT2D eigenvalue weighted by Gasteiger charge is -2.16. The zero-order valence-corrected chi connectivity index (χ0v) is 9.33. The van der Waals surface area contributed by atoms with Crippen molar-refractivity contribution < 1.29 is 18.7 Å². The summed E-state index contributed by atoms with van der Waals surface area (Å²) >= 11 is 0. The Labute approximate surface area is 98.3 Å². The molecule has 2 rings (SSSR count). The fraction of sp³-hybridized carbons (Fsp3) is 0.462. The summed E-state index contributed by atoms with van der Waals surface area (Å²) in [5, 5.41) is 9.01. The van der Waals surface area contributed by atoms with Crippen LogP contribution >= 0.6 is 0 Å². The molecule has 1 aliphatic carbocycles. The maximum Gasteiger partial charge on any atom is 0.306 e. The van der Waals surface area contributed by atoms with Gasteiger partial charge in [-0.05, 0) is 37.3 Å². The summed E-state index contributed by atoms with van der Waals surface area (Å²) in [5.74, 6) is -2.64. The molecule has 2 nitrogen and oxygen atoms in total. The molecule has 92 valence electrons. The Morgan fingerprint density at radius 1 is 1.29 bits per heavy atom. The topological polar surface area (TPSA) is 37.3 Å². The van der Waals surface area contributed by atoms with E-state index in [0.717, 1.165) is 12.8 Å². The van der Waals surface area contributed by atoms with Gasteiger partial charge < -0.3 is 5.11 Å². The van der Waals surface area contributed by atoms with Crippen molar-refractivity contribution in [3.05, 3.63) is 35.4 Å². The van der Waals surface area contributed by atoms with Gasteiger partial charge in [0.25, 0.3) is 0 Å². The molecule has 1 N–H and O–H groups in total. The zero-order chi connectivity index (χ0) is 12.4. The molecule has 1 saturated carbocycles. The van der Waals surface area contributed by atoms with Crippen LogP contribution in [-0.4, -0.2) is 11.1 Å². The molecule has 0 amide bonds. The normalized spacial score (nSPS) is 23.9. The van der Waals surface area contributed by atoms with Crippen LogP contribution < -0.4 is 0 Å². The predicted molar refractivity (Wildman–Crippen MR) is 58.5 cm³/mol. The third-order valence-electron chi connectivity index (χ3n) is 3.50. The summed E-state index contributed by atoms with van der Waals surface area (Å²) in [7, 11) is 0. The molecule has 2 atom stereocenters. The molecule has 1 fully saturated rings. The van der Waals surface area contributed by atoms with Crippen LogP contribution in [0.1, 0.15) is 24.8 Å². The summed E-state index contributed by atoms with van der Waals surface area (Å²) in [5.41, 5.74) is 0.0191. The maximum absolute atomic E-state index is 13.4. The molecular formula is C13H14F2O2. The molecule has 1 aromatic rings. The smallest absolute Gasteiger partial charge is 0.306 e. The van der Waals surface area contributed by atoms with Gasteiger partial charge in [-0.3, -0.25) is 4.79 Å². The Bertz CT molecular complexity index is 411. The molecule has 17 heavy (non-hydrogen) atoms. The lowest BCUT2D eigenvalue weighted by atomic mass is 9.89. The molecule has 2 unspecified atom stereocenters. The number of aliphatic carboxylic acids is 1. The Kier molecular flexibility index (Phi) is 3.41. The quantitative estimate of drug-likeness (QED) is 0.881. The molecule has 0 bridgehead atoms. The molecule has 0 aliphatic heterocycles. The van der Waals surface area contributed by atoms with Gasteiger partial charge in [0.2, 0.25) is 0 Å². The zero-order valence-electron chi connectivity index (χ0n) is 9.33. The largest absolute Gasteiger partial charge is 0.481 e. The lowest BCUT2D eigenvalue weighted by molar-refractivity contribution is -0.142. The number of hydrogen-bond donors (Lipinski definition) is 1. The minimum atomic E-state index is -0.857. The van der Waals surface area contributed by atoms with E-state index in [1.54, 1.807) is 0 Å². The van der Waals surface area contributed by atoms with E-state index in [1.807, 2.05) is 0 Å². The molecule has 4 heteroatoms. The third kappa shape index (κ3) is 2.46.